The Morgan fingerprint density at radius 1 is 1.00 bits per heavy atom. The van der Waals surface area contributed by atoms with Gasteiger partial charge in [0.25, 0.3) is 5.91 Å². The highest BCUT2D eigenvalue weighted by Gasteiger charge is 2.10. The van der Waals surface area contributed by atoms with Crippen molar-refractivity contribution in [2.24, 2.45) is 0 Å². The van der Waals surface area contributed by atoms with Crippen molar-refractivity contribution >= 4 is 34.7 Å². The lowest BCUT2D eigenvalue weighted by Crippen LogP contribution is -2.12. The fraction of sp³-hybridized carbons (Fsp3) is 0.111. The number of rotatable bonds is 5. The molecule has 0 aliphatic rings. The summed E-state index contributed by atoms with van der Waals surface area (Å²) in [7, 11) is 0. The van der Waals surface area contributed by atoms with Crippen molar-refractivity contribution in [2.45, 2.75) is 13.8 Å². The molecule has 0 bridgehead atoms. The lowest BCUT2D eigenvalue weighted by Gasteiger charge is -2.09. The molecule has 0 saturated heterocycles. The molecule has 0 spiro atoms. The molecule has 0 atom stereocenters. The Hall–Kier alpha value is -3.68. The third-order valence-electron chi connectivity index (χ3n) is 3.34. The van der Waals surface area contributed by atoms with Gasteiger partial charge < -0.3 is 20.5 Å². The van der Waals surface area contributed by atoms with Crippen molar-refractivity contribution in [3.05, 3.63) is 60.1 Å². The van der Waals surface area contributed by atoms with E-state index in [1.54, 1.807) is 37.4 Å². The molecule has 3 aromatic rings. The van der Waals surface area contributed by atoms with Crippen molar-refractivity contribution in [1.29, 1.82) is 0 Å². The Balaban J connectivity index is 1.73. The van der Waals surface area contributed by atoms with E-state index < -0.39 is 0 Å². The van der Waals surface area contributed by atoms with Crippen LogP contribution in [0, 0.1) is 6.92 Å². The van der Waals surface area contributed by atoms with E-state index in [1.807, 2.05) is 12.1 Å². The minimum Gasteiger partial charge on any atom is -0.360 e. The van der Waals surface area contributed by atoms with Crippen LogP contribution in [0.4, 0.5) is 22.9 Å². The summed E-state index contributed by atoms with van der Waals surface area (Å²) in [4.78, 5) is 27.5. The van der Waals surface area contributed by atoms with Gasteiger partial charge in [0.05, 0.1) is 17.4 Å². The highest BCUT2D eigenvalue weighted by Crippen LogP contribution is 2.20. The van der Waals surface area contributed by atoms with Crippen LogP contribution in [0.1, 0.15) is 23.0 Å². The number of benzene rings is 1. The van der Waals surface area contributed by atoms with Crippen molar-refractivity contribution in [3.8, 4) is 0 Å². The Bertz CT molecular complexity index is 951. The lowest BCUT2D eigenvalue weighted by atomic mass is 10.2. The molecule has 2 aromatic heterocycles. The molecular weight excluding hydrogens is 334 g/mol. The molecule has 0 aliphatic heterocycles. The first-order chi connectivity index (χ1) is 12.5. The average molecular weight is 351 g/mol. The Morgan fingerprint density at radius 3 is 2.54 bits per heavy atom. The van der Waals surface area contributed by atoms with Crippen molar-refractivity contribution in [2.75, 3.05) is 16.0 Å². The van der Waals surface area contributed by atoms with E-state index in [4.69, 9.17) is 4.52 Å². The summed E-state index contributed by atoms with van der Waals surface area (Å²) in [5, 5.41) is 12.2. The van der Waals surface area contributed by atoms with Crippen LogP contribution < -0.4 is 16.0 Å². The molecule has 8 nitrogen and oxygen atoms in total. The number of amides is 2. The maximum Gasteiger partial charge on any atom is 0.258 e. The lowest BCUT2D eigenvalue weighted by molar-refractivity contribution is -0.114. The van der Waals surface area contributed by atoms with Gasteiger partial charge in [-0.1, -0.05) is 11.2 Å². The van der Waals surface area contributed by atoms with E-state index in [1.165, 1.54) is 13.1 Å². The van der Waals surface area contributed by atoms with E-state index in [9.17, 15) is 9.59 Å². The first-order valence-corrected chi connectivity index (χ1v) is 7.84. The molecule has 3 N–H and O–H groups in total. The predicted molar refractivity (Wildman–Crippen MR) is 97.5 cm³/mol. The minimum absolute atomic E-state index is 0.148. The van der Waals surface area contributed by atoms with Gasteiger partial charge in [-0.15, -0.1) is 0 Å². The zero-order valence-corrected chi connectivity index (χ0v) is 14.2. The van der Waals surface area contributed by atoms with Gasteiger partial charge >= 0.3 is 0 Å². The van der Waals surface area contributed by atoms with Crippen LogP contribution in [0.2, 0.25) is 0 Å². The monoisotopic (exact) mass is 351 g/mol. The molecule has 0 fully saturated rings. The van der Waals surface area contributed by atoms with Crippen molar-refractivity contribution in [1.82, 2.24) is 10.1 Å². The molecule has 0 saturated carbocycles. The number of aryl methyl sites for hydroxylation is 1. The number of hydrogen-bond donors (Lipinski definition) is 3. The van der Waals surface area contributed by atoms with Crippen LogP contribution in [0.3, 0.4) is 0 Å². The van der Waals surface area contributed by atoms with Crippen molar-refractivity contribution < 1.29 is 14.1 Å². The van der Waals surface area contributed by atoms with Gasteiger partial charge in [-0.3, -0.25) is 14.6 Å². The smallest absolute Gasteiger partial charge is 0.258 e. The van der Waals surface area contributed by atoms with Crippen LogP contribution in [-0.2, 0) is 4.79 Å². The molecule has 0 aliphatic carbocycles. The number of nitrogens with one attached hydrogen (secondary N) is 3. The molecule has 2 heterocycles. The highest BCUT2D eigenvalue weighted by molar-refractivity contribution is 6.04. The van der Waals surface area contributed by atoms with Gasteiger partial charge in [0, 0.05) is 30.6 Å². The molecule has 3 rings (SSSR count). The summed E-state index contributed by atoms with van der Waals surface area (Å²) in [5.74, 6) is 0.453. The van der Waals surface area contributed by atoms with Gasteiger partial charge in [-0.25, -0.2) is 0 Å². The zero-order valence-electron chi connectivity index (χ0n) is 14.2. The van der Waals surface area contributed by atoms with Crippen LogP contribution in [0.15, 0.2) is 53.3 Å². The third-order valence-corrected chi connectivity index (χ3v) is 3.34. The van der Waals surface area contributed by atoms with Crippen LogP contribution in [0.25, 0.3) is 0 Å². The first kappa shape index (κ1) is 17.2. The predicted octanol–water partition coefficient (Wildman–Crippen LogP) is 3.33. The van der Waals surface area contributed by atoms with Crippen LogP contribution in [-0.4, -0.2) is 22.0 Å². The van der Waals surface area contributed by atoms with Crippen LogP contribution >= 0.6 is 0 Å². The minimum atomic E-state index is -0.346. The highest BCUT2D eigenvalue weighted by atomic mass is 16.5. The second-order valence-corrected chi connectivity index (χ2v) is 5.63. The fourth-order valence-electron chi connectivity index (χ4n) is 2.29. The van der Waals surface area contributed by atoms with E-state index in [-0.39, 0.29) is 11.8 Å². The largest absolute Gasteiger partial charge is 0.360 e. The van der Waals surface area contributed by atoms with Crippen molar-refractivity contribution in [3.63, 3.8) is 0 Å². The van der Waals surface area contributed by atoms with E-state index in [0.29, 0.717) is 28.5 Å². The van der Waals surface area contributed by atoms with Gasteiger partial charge in [0.15, 0.2) is 5.82 Å². The summed E-state index contributed by atoms with van der Waals surface area (Å²) in [6.45, 7) is 3.19. The quantitative estimate of drug-likeness (QED) is 0.650. The number of carbonyl (C=O) groups is 2. The summed E-state index contributed by atoms with van der Waals surface area (Å²) < 4.78 is 4.92. The number of nitrogens with zero attached hydrogens (tertiary/aromatic N) is 2. The summed E-state index contributed by atoms with van der Waals surface area (Å²) in [6, 6.07) is 10.5. The maximum atomic E-state index is 12.3. The molecule has 26 heavy (non-hydrogen) atoms. The zero-order chi connectivity index (χ0) is 18.5. The van der Waals surface area contributed by atoms with Gasteiger partial charge in [0.1, 0.15) is 5.76 Å². The van der Waals surface area contributed by atoms with Crippen LogP contribution in [0.5, 0.6) is 0 Å². The number of hydrogen-bond acceptors (Lipinski definition) is 6. The SMILES string of the molecule is CC(=O)Nc1cccc(Nc2cncc(C(=O)Nc3cc(C)on3)c2)c1. The summed E-state index contributed by atoms with van der Waals surface area (Å²) >= 11 is 0. The Kier molecular flexibility index (Phi) is 4.93. The molecular formula is C18H17N5O3. The fourth-order valence-corrected chi connectivity index (χ4v) is 2.29. The first-order valence-electron chi connectivity index (χ1n) is 7.84. The second kappa shape index (κ2) is 7.47. The van der Waals surface area contributed by atoms with Gasteiger partial charge in [-0.2, -0.15) is 0 Å². The summed E-state index contributed by atoms with van der Waals surface area (Å²) in [5.41, 5.74) is 2.43. The number of carbonyl (C=O) groups excluding carboxylic acids is 2. The Morgan fingerprint density at radius 2 is 1.81 bits per heavy atom. The summed E-state index contributed by atoms with van der Waals surface area (Å²) in [6.07, 6.45) is 3.06. The number of pyridine rings is 1. The van der Waals surface area contributed by atoms with Gasteiger partial charge in [0.2, 0.25) is 5.91 Å². The molecule has 0 unspecified atom stereocenters. The second-order valence-electron chi connectivity index (χ2n) is 5.63. The maximum absolute atomic E-state index is 12.3. The normalized spacial score (nSPS) is 10.2. The molecule has 8 heteroatoms. The van der Waals surface area contributed by atoms with E-state index in [2.05, 4.69) is 26.1 Å². The molecule has 0 radical (unpaired) electrons. The van der Waals surface area contributed by atoms with Gasteiger partial charge in [-0.05, 0) is 31.2 Å². The topological polar surface area (TPSA) is 109 Å². The molecule has 132 valence electrons. The van der Waals surface area contributed by atoms with E-state index >= 15 is 0 Å². The third kappa shape index (κ3) is 4.44. The molecule has 2 amide bonds. The Labute approximate surface area is 149 Å². The van der Waals surface area contributed by atoms with E-state index in [0.717, 1.165) is 5.69 Å². The molecule has 1 aromatic carbocycles. The number of aromatic nitrogens is 2. The number of anilines is 4. The standard InChI is InChI=1S/C18H17N5O3/c1-11-6-17(23-26-11)22-18(25)13-7-16(10-19-9-13)21-15-5-3-4-14(8-15)20-12(2)24/h3-10,21H,1-2H3,(H,20,24)(H,22,23,25). The average Bonchev–Trinajstić information content (AvgIpc) is 2.99.